The van der Waals surface area contributed by atoms with E-state index in [0.717, 1.165) is 21.6 Å². The van der Waals surface area contributed by atoms with E-state index >= 15 is 0 Å². The third-order valence-corrected chi connectivity index (χ3v) is 13.0. The van der Waals surface area contributed by atoms with Crippen LogP contribution in [0.5, 0.6) is 0 Å². The molecule has 2 aromatic rings. The van der Waals surface area contributed by atoms with Gasteiger partial charge in [-0.2, -0.15) is 0 Å². The Hall–Kier alpha value is -7.29. The molecule has 418 valence electrons. The minimum atomic E-state index is -1.76. The molecule has 0 aromatic heterocycles. The Morgan fingerprint density at radius 3 is 1.82 bits per heavy atom. The third-order valence-electron chi connectivity index (χ3n) is 10.5. The molecule has 1 fully saturated rings. The van der Waals surface area contributed by atoms with Crippen molar-refractivity contribution in [1.29, 1.82) is 0 Å². The number of ether oxygens (including phenoxy) is 5. The van der Waals surface area contributed by atoms with Gasteiger partial charge >= 0.3 is 36.2 Å². The number of carboxylic acid groups (broad SMARTS) is 1. The van der Waals surface area contributed by atoms with Gasteiger partial charge in [-0.3, -0.25) is 24.0 Å². The van der Waals surface area contributed by atoms with Gasteiger partial charge in [-0.05, 0) is 57.6 Å². The summed E-state index contributed by atoms with van der Waals surface area (Å²) in [7, 11) is 1.87. The lowest BCUT2D eigenvalue weighted by Gasteiger charge is -2.28. The minimum absolute atomic E-state index is 0.180. The largest absolute Gasteiger partial charge is 0.480 e. The van der Waals surface area contributed by atoms with E-state index in [4.69, 9.17) is 23.7 Å². The van der Waals surface area contributed by atoms with E-state index < -0.39 is 145 Å². The number of alkyl carbamates (subject to hydrolysis) is 3. The number of hydrogen-bond donors (Lipinski definition) is 9. The van der Waals surface area contributed by atoms with Gasteiger partial charge in [0.05, 0.1) is 0 Å². The number of nitrogens with one attached hydrogen (secondary N) is 8. The van der Waals surface area contributed by atoms with E-state index in [9.17, 15) is 57.8 Å². The lowest BCUT2D eigenvalue weighted by atomic mass is 10.0. The molecule has 27 heteroatoms. The van der Waals surface area contributed by atoms with Crippen LogP contribution in [-0.2, 0) is 75.3 Å². The van der Waals surface area contributed by atoms with Crippen molar-refractivity contribution in [1.82, 2.24) is 42.5 Å². The molecule has 9 N–H and O–H groups in total. The molecule has 2 aromatic carbocycles. The molecule has 1 aliphatic rings. The summed E-state index contributed by atoms with van der Waals surface area (Å²) in [6.45, 7) is 11.6. The van der Waals surface area contributed by atoms with Crippen molar-refractivity contribution in [2.45, 2.75) is 129 Å². The van der Waals surface area contributed by atoms with Crippen LogP contribution in [0.4, 0.5) is 14.4 Å². The van der Waals surface area contributed by atoms with Crippen LogP contribution in [0.2, 0.25) is 0 Å². The number of cyclic esters (lactones) is 1. The Morgan fingerprint density at radius 2 is 1.26 bits per heavy atom. The van der Waals surface area contributed by atoms with Crippen LogP contribution in [0, 0.1) is 11.8 Å². The summed E-state index contributed by atoms with van der Waals surface area (Å²) < 4.78 is 26.3. The quantitative estimate of drug-likeness (QED) is 0.0619. The second kappa shape index (κ2) is 30.9. The van der Waals surface area contributed by atoms with Crippen LogP contribution in [-0.4, -0.2) is 149 Å². The monoisotopic (exact) mass is 1100 g/mol. The second-order valence-corrected chi connectivity index (χ2v) is 21.4. The Kier molecular flexibility index (Phi) is 25.6. The predicted octanol–water partition coefficient (Wildman–Crippen LogP) is 1.81. The highest BCUT2D eigenvalue weighted by atomic mass is 33.1. The number of carboxylic acids is 1. The molecule has 76 heavy (non-hydrogen) atoms. The fourth-order valence-electron chi connectivity index (χ4n) is 6.31. The maximum atomic E-state index is 14.1. The summed E-state index contributed by atoms with van der Waals surface area (Å²) >= 11 is 0. The predicted molar refractivity (Wildman–Crippen MR) is 275 cm³/mol. The molecular weight excluding hydrogens is 1040 g/mol. The maximum absolute atomic E-state index is 14.1. The summed E-state index contributed by atoms with van der Waals surface area (Å²) in [4.78, 5) is 146. The van der Waals surface area contributed by atoms with Crippen LogP contribution in [0.15, 0.2) is 60.7 Å². The van der Waals surface area contributed by atoms with Crippen molar-refractivity contribution >= 4 is 87.3 Å². The van der Waals surface area contributed by atoms with E-state index in [1.807, 2.05) is 0 Å². The number of rotatable bonds is 17. The molecule has 8 atom stereocenters. The molecular formula is C49H68N8O17S2. The third kappa shape index (κ3) is 22.7. The fourth-order valence-corrected chi connectivity index (χ4v) is 8.63. The fraction of sp³-hybridized carbons (Fsp3) is 0.531. The van der Waals surface area contributed by atoms with Crippen LogP contribution >= 0.6 is 21.6 Å². The maximum Gasteiger partial charge on any atom is 0.408 e. The van der Waals surface area contributed by atoms with Gasteiger partial charge in [0.15, 0.2) is 6.04 Å². The number of amides is 8. The molecule has 25 nitrogen and oxygen atoms in total. The number of aliphatic carboxylic acids is 1. The van der Waals surface area contributed by atoms with E-state index in [-0.39, 0.29) is 24.7 Å². The standard InChI is InChI=1S/C49H68N8O17S2/c1-26(2)36-44(65)70-22-32(54-46(67)72-20-30-16-12-10-13-17-30)40(60)50-28(5)38(58)52-34(24-75-76-25-35(42(62)56-36)53-39(59)29(6)51-48(69)74-49(7,8)9)41(61)57-37(27(3)4)45(66)71-23-33(43(63)64)55-47(68)73-21-31-18-14-11-15-19-31/h10-19,26-29,32-37H,20-25H2,1-9H3,(H,50,60)(H,51,69)(H,52,58)(H,53,59)(H,54,67)(H,55,68)(H,56,62)(H,57,61)(H,63,64)/t28-,29-,32+,33+,34-,35-,36-,37-/m0/s1. The zero-order valence-corrected chi connectivity index (χ0v) is 45.2. The van der Waals surface area contributed by atoms with Gasteiger partial charge in [0.2, 0.25) is 29.5 Å². The van der Waals surface area contributed by atoms with Gasteiger partial charge in [-0.15, -0.1) is 0 Å². The average Bonchev–Trinajstić information content (AvgIpc) is 3.35. The molecule has 1 aliphatic heterocycles. The zero-order valence-electron chi connectivity index (χ0n) is 43.6. The summed E-state index contributed by atoms with van der Waals surface area (Å²) in [6, 6.07) is 5.14. The number of carbonyl (C=O) groups excluding carboxylic acids is 10. The van der Waals surface area contributed by atoms with Crippen LogP contribution in [0.25, 0.3) is 0 Å². The van der Waals surface area contributed by atoms with Crippen LogP contribution in [0.1, 0.15) is 73.4 Å². The zero-order chi connectivity index (χ0) is 56.7. The van der Waals surface area contributed by atoms with E-state index in [0.29, 0.717) is 11.1 Å². The number of carbonyl (C=O) groups is 11. The molecule has 0 unspecified atom stereocenters. The average molecular weight is 1110 g/mol. The summed E-state index contributed by atoms with van der Waals surface area (Å²) in [5.41, 5.74) is 0.322. The summed E-state index contributed by atoms with van der Waals surface area (Å²) in [5, 5.41) is 29.2. The van der Waals surface area contributed by atoms with Crippen LogP contribution in [0.3, 0.4) is 0 Å². The minimum Gasteiger partial charge on any atom is -0.480 e. The molecule has 0 bridgehead atoms. The molecule has 0 radical (unpaired) electrons. The number of benzene rings is 2. The van der Waals surface area contributed by atoms with Gasteiger partial charge < -0.3 is 71.3 Å². The second-order valence-electron chi connectivity index (χ2n) is 18.9. The smallest absolute Gasteiger partial charge is 0.408 e. The van der Waals surface area contributed by atoms with Gasteiger partial charge in [0.1, 0.15) is 74.3 Å². The van der Waals surface area contributed by atoms with E-state index in [2.05, 4.69) is 42.5 Å². The number of esters is 2. The first-order valence-corrected chi connectivity index (χ1v) is 26.5. The lowest BCUT2D eigenvalue weighted by molar-refractivity contribution is -0.153. The van der Waals surface area contributed by atoms with Crippen molar-refractivity contribution < 1.29 is 81.5 Å². The topological polar surface area (TPSA) is 350 Å². The van der Waals surface area contributed by atoms with Gasteiger partial charge in [0, 0.05) is 11.5 Å². The SMILES string of the molecule is CC(C)[C@@H]1NC(=O)[C@@H](NC(=O)[C@H](C)NC(=O)OC(C)(C)C)CSSC[C@@H](C(=O)N[C@H](C(=O)OC[C@@H](NC(=O)OCc2ccccc2)C(=O)O)C(C)C)NC(=O)[C@H](C)NC(=O)[C@H](NC(=O)OCc2ccccc2)COC1=O. The van der Waals surface area contributed by atoms with Crippen molar-refractivity contribution in [3.05, 3.63) is 71.8 Å². The summed E-state index contributed by atoms with van der Waals surface area (Å²) in [5.74, 6) is -10.3. The van der Waals surface area contributed by atoms with E-state index in [1.165, 1.54) is 27.7 Å². The first kappa shape index (κ1) is 63.0. The van der Waals surface area contributed by atoms with Gasteiger partial charge in [-0.1, -0.05) is 110 Å². The highest BCUT2D eigenvalue weighted by Gasteiger charge is 2.36. The van der Waals surface area contributed by atoms with Crippen molar-refractivity contribution in [2.24, 2.45) is 11.8 Å². The highest BCUT2D eigenvalue weighted by Crippen LogP contribution is 2.24. The molecule has 8 amide bonds. The Bertz CT molecular complexity index is 2340. The van der Waals surface area contributed by atoms with E-state index in [1.54, 1.807) is 95.3 Å². The molecule has 0 spiro atoms. The first-order valence-electron chi connectivity index (χ1n) is 24.0. The normalized spacial score (nSPS) is 20.2. The molecule has 0 saturated carbocycles. The van der Waals surface area contributed by atoms with Gasteiger partial charge in [0.25, 0.3) is 0 Å². The Balaban J connectivity index is 1.91. The summed E-state index contributed by atoms with van der Waals surface area (Å²) in [6.07, 6.45) is -3.14. The van der Waals surface area contributed by atoms with Crippen molar-refractivity contribution in [3.8, 4) is 0 Å². The highest BCUT2D eigenvalue weighted by molar-refractivity contribution is 8.76. The Labute approximate surface area is 447 Å². The molecule has 1 saturated heterocycles. The van der Waals surface area contributed by atoms with Crippen LogP contribution < -0.4 is 42.5 Å². The molecule has 0 aliphatic carbocycles. The first-order chi connectivity index (χ1) is 35.7. The van der Waals surface area contributed by atoms with Crippen molar-refractivity contribution in [3.63, 3.8) is 0 Å². The van der Waals surface area contributed by atoms with Crippen molar-refractivity contribution in [2.75, 3.05) is 24.7 Å². The number of hydrogen-bond acceptors (Lipinski definition) is 18. The van der Waals surface area contributed by atoms with Gasteiger partial charge in [-0.25, -0.2) is 28.8 Å². The molecule has 3 rings (SSSR count). The molecule has 1 heterocycles. The Morgan fingerprint density at radius 1 is 0.697 bits per heavy atom. The lowest BCUT2D eigenvalue weighted by Crippen LogP contribution is -2.59.